The number of carboxylic acids is 1. The van der Waals surface area contributed by atoms with E-state index in [9.17, 15) is 14.7 Å². The molecule has 10 nitrogen and oxygen atoms in total. The Morgan fingerprint density at radius 2 is 1.76 bits per heavy atom. The first-order chi connectivity index (χ1) is 23.3. The number of esters is 1. The number of anilines is 1. The molecule has 6 rings (SSSR count). The van der Waals surface area contributed by atoms with Gasteiger partial charge in [0, 0.05) is 43.0 Å². The molecule has 1 aromatic carbocycles. The minimum Gasteiger partial charge on any atom is -0.478 e. The van der Waals surface area contributed by atoms with Crippen molar-refractivity contribution >= 4 is 17.8 Å². The molecule has 0 amide bonds. The van der Waals surface area contributed by atoms with Crippen molar-refractivity contribution in [2.45, 2.75) is 118 Å². The number of aromatic carboxylic acids is 1. The number of hydrogen-bond acceptors (Lipinski definition) is 8. The number of pyridine rings is 1. The van der Waals surface area contributed by atoms with Crippen molar-refractivity contribution in [1.29, 1.82) is 0 Å². The Balaban J connectivity index is 1.33. The highest BCUT2D eigenvalue weighted by atomic mass is 16.6. The number of fused-ring (bicyclic) bond motifs is 3. The van der Waals surface area contributed by atoms with Gasteiger partial charge in [-0.2, -0.15) is 5.10 Å². The van der Waals surface area contributed by atoms with E-state index >= 15 is 0 Å². The van der Waals surface area contributed by atoms with Gasteiger partial charge in [-0.25, -0.2) is 14.6 Å². The molecule has 3 N–H and O–H groups in total. The second kappa shape index (κ2) is 12.8. The van der Waals surface area contributed by atoms with E-state index in [0.29, 0.717) is 49.6 Å². The second-order valence-corrected chi connectivity index (χ2v) is 17.8. The molecule has 3 unspecified atom stereocenters. The maximum Gasteiger partial charge on any atom is 0.358 e. The van der Waals surface area contributed by atoms with Crippen LogP contribution >= 0.6 is 0 Å². The van der Waals surface area contributed by atoms with E-state index in [1.54, 1.807) is 12.1 Å². The minimum absolute atomic E-state index is 0.0540. The third-order valence-corrected chi connectivity index (χ3v) is 10.8. The molecule has 0 spiro atoms. The Bertz CT molecular complexity index is 1790. The van der Waals surface area contributed by atoms with E-state index in [2.05, 4.69) is 39.3 Å². The Morgan fingerprint density at radius 1 is 1.00 bits per heavy atom. The molecule has 1 aliphatic heterocycles. The summed E-state index contributed by atoms with van der Waals surface area (Å²) in [6.45, 7) is 20.0. The molecular formula is C40H55N5O5. The summed E-state index contributed by atoms with van der Waals surface area (Å²) in [5.74, 6) is -0.854. The number of benzene rings is 1. The Morgan fingerprint density at radius 3 is 2.46 bits per heavy atom. The summed E-state index contributed by atoms with van der Waals surface area (Å²) in [4.78, 5) is 32.8. The van der Waals surface area contributed by atoms with Crippen LogP contribution in [0.5, 0.6) is 0 Å². The van der Waals surface area contributed by atoms with E-state index in [0.717, 1.165) is 61.0 Å². The molecule has 10 heteroatoms. The molecule has 2 aliphatic carbocycles. The second-order valence-electron chi connectivity index (χ2n) is 17.8. The monoisotopic (exact) mass is 685 g/mol. The molecule has 2 bridgehead atoms. The number of carbonyl (C=O) groups excluding carboxylic acids is 1. The van der Waals surface area contributed by atoms with Crippen molar-refractivity contribution in [2.24, 2.45) is 22.0 Å². The molecule has 3 heterocycles. The van der Waals surface area contributed by atoms with Crippen LogP contribution in [-0.4, -0.2) is 62.7 Å². The number of carboxylic acid groups (broad SMARTS) is 1. The van der Waals surface area contributed by atoms with E-state index in [1.165, 1.54) is 0 Å². The minimum atomic E-state index is -0.949. The zero-order chi connectivity index (χ0) is 36.3. The smallest absolute Gasteiger partial charge is 0.358 e. The van der Waals surface area contributed by atoms with Gasteiger partial charge in [0.2, 0.25) is 0 Å². The molecule has 2 fully saturated rings. The highest BCUT2D eigenvalue weighted by molar-refractivity contribution is 5.96. The maximum atomic E-state index is 13.8. The molecule has 2 aromatic heterocycles. The predicted molar refractivity (Wildman–Crippen MR) is 194 cm³/mol. The molecule has 0 radical (unpaired) electrons. The summed E-state index contributed by atoms with van der Waals surface area (Å²) >= 11 is 0. The molecule has 3 aliphatic rings. The van der Waals surface area contributed by atoms with Crippen molar-refractivity contribution in [3.8, 4) is 11.1 Å². The number of rotatable bonds is 9. The fourth-order valence-corrected chi connectivity index (χ4v) is 10.2. The standard InChI is InChI=1S/C40H55N5O5/c1-26-30(18-42-45(26)25-39(8)22-38(7)20-37(5,6)21-40(23-38,24-39)49-17-15-41)28-12-13-32(43-33(28)35(48)50-36(2,3)4)44-16-14-27-10-9-11-29(34(46)47)31(27)19-44/h9-13,18H,14-17,19-25,41H2,1-8H3,(H,46,47). The number of nitrogens with zero attached hydrogens (tertiary/aromatic N) is 4. The summed E-state index contributed by atoms with van der Waals surface area (Å²) in [7, 11) is 0. The SMILES string of the molecule is Cc1c(-c2ccc(N3CCc4cccc(C(=O)O)c4C3)nc2C(=O)OC(C)(C)C)cnn1CC1(C)CC2(C)CC(C)(C)CC(OCCN)(C1)C2. The van der Waals surface area contributed by atoms with Crippen LogP contribution in [0.3, 0.4) is 0 Å². The van der Waals surface area contributed by atoms with Gasteiger partial charge in [0.15, 0.2) is 5.69 Å². The topological polar surface area (TPSA) is 133 Å². The largest absolute Gasteiger partial charge is 0.478 e. The van der Waals surface area contributed by atoms with Crippen molar-refractivity contribution < 1.29 is 24.2 Å². The average molecular weight is 686 g/mol. The van der Waals surface area contributed by atoms with Gasteiger partial charge in [-0.05, 0) is 112 Å². The maximum absolute atomic E-state index is 13.8. The molecule has 0 saturated heterocycles. The summed E-state index contributed by atoms with van der Waals surface area (Å²) < 4.78 is 14.6. The first kappa shape index (κ1) is 36.0. The third kappa shape index (κ3) is 7.33. The fraction of sp³-hybridized carbons (Fsp3) is 0.600. The highest BCUT2D eigenvalue weighted by Crippen LogP contribution is 2.63. The summed E-state index contributed by atoms with van der Waals surface area (Å²) in [5.41, 5.74) is 10.1. The lowest BCUT2D eigenvalue weighted by Crippen LogP contribution is -2.57. The van der Waals surface area contributed by atoms with Crippen LogP contribution in [0.1, 0.15) is 118 Å². The van der Waals surface area contributed by atoms with Gasteiger partial charge in [0.1, 0.15) is 11.4 Å². The summed E-state index contributed by atoms with van der Waals surface area (Å²) in [6.07, 6.45) is 7.77. The first-order valence-corrected chi connectivity index (χ1v) is 18.0. The van der Waals surface area contributed by atoms with Crippen molar-refractivity contribution in [1.82, 2.24) is 14.8 Å². The molecular weight excluding hydrogens is 630 g/mol. The van der Waals surface area contributed by atoms with Gasteiger partial charge >= 0.3 is 11.9 Å². The van der Waals surface area contributed by atoms with E-state index in [-0.39, 0.29) is 27.5 Å². The Labute approximate surface area is 296 Å². The van der Waals surface area contributed by atoms with E-state index < -0.39 is 17.5 Å². The zero-order valence-electron chi connectivity index (χ0n) is 31.2. The number of ether oxygens (including phenoxy) is 2. The lowest BCUT2D eigenvalue weighted by molar-refractivity contribution is -0.192. The third-order valence-electron chi connectivity index (χ3n) is 10.8. The van der Waals surface area contributed by atoms with Crippen LogP contribution in [-0.2, 0) is 29.0 Å². The van der Waals surface area contributed by atoms with Crippen LogP contribution < -0.4 is 10.6 Å². The van der Waals surface area contributed by atoms with Gasteiger partial charge in [0.25, 0.3) is 0 Å². The van der Waals surface area contributed by atoms with Crippen LogP contribution in [0.4, 0.5) is 5.82 Å². The van der Waals surface area contributed by atoms with Gasteiger partial charge in [-0.15, -0.1) is 0 Å². The molecule has 50 heavy (non-hydrogen) atoms. The zero-order valence-corrected chi connectivity index (χ0v) is 31.2. The summed E-state index contributed by atoms with van der Waals surface area (Å²) in [5, 5.41) is 14.8. The number of hydrogen-bond donors (Lipinski definition) is 2. The normalized spacial score (nSPS) is 26.0. The summed E-state index contributed by atoms with van der Waals surface area (Å²) in [6, 6.07) is 9.26. The number of carbonyl (C=O) groups is 2. The molecule has 3 aromatic rings. The van der Waals surface area contributed by atoms with Crippen molar-refractivity contribution in [3.63, 3.8) is 0 Å². The van der Waals surface area contributed by atoms with Crippen molar-refractivity contribution in [2.75, 3.05) is 24.6 Å². The Kier molecular flexibility index (Phi) is 9.21. The van der Waals surface area contributed by atoms with Crippen LogP contribution in [0.25, 0.3) is 11.1 Å². The van der Waals surface area contributed by atoms with Gasteiger partial charge in [-0.3, -0.25) is 4.68 Å². The van der Waals surface area contributed by atoms with Gasteiger partial charge in [0.05, 0.1) is 24.0 Å². The van der Waals surface area contributed by atoms with Crippen LogP contribution in [0, 0.1) is 23.2 Å². The van der Waals surface area contributed by atoms with E-state index in [4.69, 9.17) is 25.3 Å². The number of aromatic nitrogens is 3. The van der Waals surface area contributed by atoms with Crippen molar-refractivity contribution in [3.05, 3.63) is 64.6 Å². The molecule has 270 valence electrons. The Hall–Kier alpha value is -3.76. The first-order valence-electron chi connectivity index (χ1n) is 18.0. The van der Waals surface area contributed by atoms with Crippen LogP contribution in [0.15, 0.2) is 36.5 Å². The van der Waals surface area contributed by atoms with Gasteiger partial charge < -0.3 is 25.2 Å². The quantitative estimate of drug-likeness (QED) is 0.224. The molecule has 2 saturated carbocycles. The van der Waals surface area contributed by atoms with Gasteiger partial charge in [-0.1, -0.05) is 39.8 Å². The lowest BCUT2D eigenvalue weighted by atomic mass is 9.48. The lowest BCUT2D eigenvalue weighted by Gasteiger charge is -2.61. The molecule has 3 atom stereocenters. The fourth-order valence-electron chi connectivity index (χ4n) is 10.2. The average Bonchev–Trinajstić information content (AvgIpc) is 3.34. The highest BCUT2D eigenvalue weighted by Gasteiger charge is 2.58. The predicted octanol–water partition coefficient (Wildman–Crippen LogP) is 7.20. The van der Waals surface area contributed by atoms with E-state index in [1.807, 2.05) is 50.1 Å². The van der Waals surface area contributed by atoms with Crippen LogP contribution in [0.2, 0.25) is 0 Å². The number of nitrogens with two attached hydrogens (primary N) is 1.